The van der Waals surface area contributed by atoms with Crippen LogP contribution in [-0.2, 0) is 14.3 Å². The Morgan fingerprint density at radius 2 is 1.96 bits per heavy atom. The van der Waals surface area contributed by atoms with E-state index in [-0.39, 0.29) is 17.3 Å². The van der Waals surface area contributed by atoms with Gasteiger partial charge >= 0.3 is 5.97 Å². The summed E-state index contributed by atoms with van der Waals surface area (Å²) in [6.45, 7) is 4.88. The molecule has 140 valence electrons. The highest BCUT2D eigenvalue weighted by Gasteiger charge is 2.20. The second kappa shape index (κ2) is 7.82. The molecule has 1 aromatic carbocycles. The van der Waals surface area contributed by atoms with E-state index in [4.69, 9.17) is 4.74 Å². The summed E-state index contributed by atoms with van der Waals surface area (Å²) in [5.74, 6) is -1.93. The van der Waals surface area contributed by atoms with Crippen molar-refractivity contribution >= 4 is 39.2 Å². The number of fused-ring (bicyclic) bond motifs is 1. The average molecular weight is 380 g/mol. The van der Waals surface area contributed by atoms with Gasteiger partial charge in [0.25, 0.3) is 5.91 Å². The van der Waals surface area contributed by atoms with E-state index in [9.17, 15) is 18.8 Å². The van der Waals surface area contributed by atoms with Gasteiger partial charge < -0.3 is 15.0 Å². The van der Waals surface area contributed by atoms with Crippen molar-refractivity contribution in [1.82, 2.24) is 10.2 Å². The Morgan fingerprint density at radius 1 is 1.27 bits per heavy atom. The molecule has 0 spiro atoms. The van der Waals surface area contributed by atoms with E-state index in [2.05, 4.69) is 5.32 Å². The summed E-state index contributed by atoms with van der Waals surface area (Å²) in [7, 11) is 1.45. The zero-order chi connectivity index (χ0) is 19.5. The predicted octanol–water partition coefficient (Wildman–Crippen LogP) is 2.57. The summed E-state index contributed by atoms with van der Waals surface area (Å²) < 4.78 is 19.3. The number of hydrogen-bond acceptors (Lipinski definition) is 5. The number of likely N-dealkylation sites (N-methyl/N-ethyl adjacent to an activating group) is 1. The molecule has 0 radical (unpaired) electrons. The maximum Gasteiger partial charge on any atom is 0.348 e. The minimum atomic E-state index is -0.702. The van der Waals surface area contributed by atoms with Crippen molar-refractivity contribution in [3.63, 3.8) is 0 Å². The maximum absolute atomic E-state index is 13.7. The summed E-state index contributed by atoms with van der Waals surface area (Å²) in [6, 6.07) is 5.98. The Labute approximate surface area is 154 Å². The summed E-state index contributed by atoms with van der Waals surface area (Å²) in [6.07, 6.45) is 0. The first kappa shape index (κ1) is 19.8. The average Bonchev–Trinajstić information content (AvgIpc) is 2.96. The van der Waals surface area contributed by atoms with E-state index in [0.29, 0.717) is 10.1 Å². The number of benzene rings is 1. The smallest absolute Gasteiger partial charge is 0.348 e. The van der Waals surface area contributed by atoms with Crippen molar-refractivity contribution in [1.29, 1.82) is 0 Å². The largest absolute Gasteiger partial charge is 0.451 e. The van der Waals surface area contributed by atoms with Crippen LogP contribution in [0.5, 0.6) is 0 Å². The Kier molecular flexibility index (Phi) is 5.97. The van der Waals surface area contributed by atoms with E-state index < -0.39 is 29.8 Å². The van der Waals surface area contributed by atoms with Crippen molar-refractivity contribution in [2.24, 2.45) is 0 Å². The SMILES string of the molecule is CN(CC(=O)NC(C)(C)C)C(=O)COC(=O)c1cc2c(F)cccc2s1. The first-order valence-corrected chi connectivity index (χ1v) is 8.78. The Morgan fingerprint density at radius 3 is 2.58 bits per heavy atom. The van der Waals surface area contributed by atoms with Gasteiger partial charge in [-0.05, 0) is 39.0 Å². The lowest BCUT2D eigenvalue weighted by atomic mass is 10.1. The molecule has 0 aliphatic rings. The number of amides is 2. The number of nitrogens with zero attached hydrogens (tertiary/aromatic N) is 1. The molecular formula is C18H21FN2O4S. The summed E-state index contributed by atoms with van der Waals surface area (Å²) in [5, 5.41) is 3.08. The normalized spacial score (nSPS) is 11.3. The van der Waals surface area contributed by atoms with Gasteiger partial charge in [-0.25, -0.2) is 9.18 Å². The lowest BCUT2D eigenvalue weighted by Crippen LogP contribution is -2.46. The number of thiophene rings is 1. The van der Waals surface area contributed by atoms with Gasteiger partial charge in [0.15, 0.2) is 6.61 Å². The third kappa shape index (κ3) is 5.26. The first-order chi connectivity index (χ1) is 12.1. The van der Waals surface area contributed by atoms with Crippen LogP contribution in [0.3, 0.4) is 0 Å². The lowest BCUT2D eigenvalue weighted by Gasteiger charge is -2.23. The van der Waals surface area contributed by atoms with E-state index in [1.165, 1.54) is 24.1 Å². The van der Waals surface area contributed by atoms with Crippen LogP contribution in [0.25, 0.3) is 10.1 Å². The van der Waals surface area contributed by atoms with Crippen molar-refractivity contribution in [2.75, 3.05) is 20.2 Å². The molecule has 2 rings (SSSR count). The number of rotatable bonds is 5. The molecule has 0 saturated heterocycles. The predicted molar refractivity (Wildman–Crippen MR) is 97.6 cm³/mol. The molecular weight excluding hydrogens is 359 g/mol. The van der Waals surface area contributed by atoms with Crippen molar-refractivity contribution in [3.05, 3.63) is 35.0 Å². The molecule has 26 heavy (non-hydrogen) atoms. The standard InChI is InChI=1S/C18H21FN2O4S/c1-18(2,3)20-15(22)9-21(4)16(23)10-25-17(24)14-8-11-12(19)6-5-7-13(11)26-14/h5-8H,9-10H2,1-4H3,(H,20,22). The third-order valence-electron chi connectivity index (χ3n) is 3.36. The van der Waals surface area contributed by atoms with Crippen LogP contribution in [0.4, 0.5) is 4.39 Å². The minimum absolute atomic E-state index is 0.137. The highest BCUT2D eigenvalue weighted by molar-refractivity contribution is 7.20. The number of halogens is 1. The molecule has 6 nitrogen and oxygen atoms in total. The Balaban J connectivity index is 1.90. The fourth-order valence-electron chi connectivity index (χ4n) is 2.20. The molecule has 0 saturated carbocycles. The van der Waals surface area contributed by atoms with Crippen molar-refractivity contribution in [2.45, 2.75) is 26.3 Å². The van der Waals surface area contributed by atoms with Crippen LogP contribution >= 0.6 is 11.3 Å². The van der Waals surface area contributed by atoms with Gasteiger partial charge in [-0.15, -0.1) is 11.3 Å². The highest BCUT2D eigenvalue weighted by atomic mass is 32.1. The van der Waals surface area contributed by atoms with E-state index in [0.717, 1.165) is 11.3 Å². The number of hydrogen-bond donors (Lipinski definition) is 1. The van der Waals surface area contributed by atoms with Gasteiger partial charge in [0, 0.05) is 22.7 Å². The molecule has 1 heterocycles. The van der Waals surface area contributed by atoms with Crippen LogP contribution in [0.2, 0.25) is 0 Å². The summed E-state index contributed by atoms with van der Waals surface area (Å²) in [4.78, 5) is 37.3. The third-order valence-corrected chi connectivity index (χ3v) is 4.44. The van der Waals surface area contributed by atoms with Gasteiger partial charge in [-0.3, -0.25) is 9.59 Å². The summed E-state index contributed by atoms with van der Waals surface area (Å²) >= 11 is 1.09. The van der Waals surface area contributed by atoms with Gasteiger partial charge in [0.2, 0.25) is 5.91 Å². The second-order valence-electron chi connectivity index (χ2n) is 6.89. The van der Waals surface area contributed by atoms with Crippen LogP contribution in [-0.4, -0.2) is 48.4 Å². The minimum Gasteiger partial charge on any atom is -0.451 e. The van der Waals surface area contributed by atoms with Gasteiger partial charge in [-0.2, -0.15) is 0 Å². The fraction of sp³-hybridized carbons (Fsp3) is 0.389. The number of nitrogens with one attached hydrogen (secondary N) is 1. The molecule has 8 heteroatoms. The van der Waals surface area contributed by atoms with E-state index in [1.807, 2.05) is 20.8 Å². The van der Waals surface area contributed by atoms with Crippen molar-refractivity contribution in [3.8, 4) is 0 Å². The molecule has 0 aliphatic carbocycles. The Hall–Kier alpha value is -2.48. The lowest BCUT2D eigenvalue weighted by molar-refractivity contribution is -0.137. The molecule has 0 fully saturated rings. The van der Waals surface area contributed by atoms with Gasteiger partial charge in [-0.1, -0.05) is 6.07 Å². The van der Waals surface area contributed by atoms with Crippen LogP contribution in [0.15, 0.2) is 24.3 Å². The molecule has 0 bridgehead atoms. The number of ether oxygens (including phenoxy) is 1. The van der Waals surface area contributed by atoms with Crippen molar-refractivity contribution < 1.29 is 23.5 Å². The van der Waals surface area contributed by atoms with Crippen LogP contribution in [0.1, 0.15) is 30.4 Å². The monoisotopic (exact) mass is 380 g/mol. The van der Waals surface area contributed by atoms with E-state index in [1.54, 1.807) is 12.1 Å². The van der Waals surface area contributed by atoms with Gasteiger partial charge in [0.05, 0.1) is 6.54 Å². The highest BCUT2D eigenvalue weighted by Crippen LogP contribution is 2.28. The number of esters is 1. The molecule has 0 unspecified atom stereocenters. The summed E-state index contributed by atoms with van der Waals surface area (Å²) in [5.41, 5.74) is -0.399. The maximum atomic E-state index is 13.7. The number of carbonyl (C=O) groups is 3. The van der Waals surface area contributed by atoms with Crippen LogP contribution in [0, 0.1) is 5.82 Å². The van der Waals surface area contributed by atoms with E-state index >= 15 is 0 Å². The molecule has 0 atom stereocenters. The molecule has 2 amide bonds. The Bertz CT molecular complexity index is 841. The molecule has 1 N–H and O–H groups in total. The first-order valence-electron chi connectivity index (χ1n) is 7.97. The molecule has 1 aromatic heterocycles. The topological polar surface area (TPSA) is 75.7 Å². The quantitative estimate of drug-likeness (QED) is 0.809. The fourth-order valence-corrected chi connectivity index (χ4v) is 3.16. The second-order valence-corrected chi connectivity index (χ2v) is 7.97. The molecule has 0 aliphatic heterocycles. The van der Waals surface area contributed by atoms with Crippen LogP contribution < -0.4 is 5.32 Å². The zero-order valence-corrected chi connectivity index (χ0v) is 15.9. The number of carbonyl (C=O) groups excluding carboxylic acids is 3. The van der Waals surface area contributed by atoms with Gasteiger partial charge in [0.1, 0.15) is 10.7 Å². The molecule has 2 aromatic rings. The zero-order valence-electron chi connectivity index (χ0n) is 15.1.